The van der Waals surface area contributed by atoms with Gasteiger partial charge in [0.2, 0.25) is 0 Å². The predicted molar refractivity (Wildman–Crippen MR) is 148 cm³/mol. The zero-order valence-electron chi connectivity index (χ0n) is 19.9. The average Bonchev–Trinajstić information content (AvgIpc) is 3.30. The van der Waals surface area contributed by atoms with Crippen molar-refractivity contribution in [2.24, 2.45) is 16.6 Å². The van der Waals surface area contributed by atoms with Crippen molar-refractivity contribution in [3.05, 3.63) is 82.3 Å². The molecule has 3 aromatic rings. The van der Waals surface area contributed by atoms with Crippen LogP contribution in [0.4, 0.5) is 5.69 Å². The minimum absolute atomic E-state index is 0.301. The molecule has 0 aliphatic carbocycles. The van der Waals surface area contributed by atoms with Crippen LogP contribution in [0.25, 0.3) is 10.4 Å². The molecule has 1 aromatic heterocycles. The summed E-state index contributed by atoms with van der Waals surface area (Å²) >= 11 is 7.95. The number of thiophene rings is 1. The van der Waals surface area contributed by atoms with E-state index >= 15 is 0 Å². The van der Waals surface area contributed by atoms with Crippen molar-refractivity contribution >= 4 is 44.2 Å². The van der Waals surface area contributed by atoms with E-state index in [9.17, 15) is 8.42 Å². The normalized spacial score (nSPS) is 18.1. The van der Waals surface area contributed by atoms with Crippen LogP contribution in [0.5, 0.6) is 0 Å². The van der Waals surface area contributed by atoms with E-state index in [1.807, 2.05) is 48.5 Å². The van der Waals surface area contributed by atoms with Crippen molar-refractivity contribution in [1.29, 1.82) is 0 Å². The molecule has 2 N–H and O–H groups in total. The Morgan fingerprint density at radius 1 is 1.20 bits per heavy atom. The average molecular weight is 528 g/mol. The van der Waals surface area contributed by atoms with E-state index in [-0.39, 0.29) is 0 Å². The second-order valence-corrected chi connectivity index (χ2v) is 12.6. The minimum Gasteiger partial charge on any atom is -0.401 e. The number of allylic oxidation sites excluding steroid dienone is 1. The van der Waals surface area contributed by atoms with Gasteiger partial charge in [0, 0.05) is 29.9 Å². The molecule has 2 aromatic carbocycles. The molecule has 0 spiro atoms. The fourth-order valence-corrected chi connectivity index (χ4v) is 6.06. The molecule has 5 nitrogen and oxygen atoms in total. The fourth-order valence-electron chi connectivity index (χ4n) is 4.25. The Kier molecular flexibility index (Phi) is 8.12. The highest BCUT2D eigenvalue weighted by Crippen LogP contribution is 2.32. The number of hydrogen-bond donors (Lipinski definition) is 1. The lowest BCUT2D eigenvalue weighted by Crippen LogP contribution is -2.37. The number of benzene rings is 2. The molecule has 1 saturated heterocycles. The van der Waals surface area contributed by atoms with Gasteiger partial charge in [-0.25, -0.2) is 13.4 Å². The molecule has 8 heteroatoms. The Bertz CT molecular complexity index is 1360. The zero-order valence-corrected chi connectivity index (χ0v) is 22.3. The van der Waals surface area contributed by atoms with Crippen LogP contribution < -0.4 is 5.73 Å². The molecule has 184 valence electrons. The second kappa shape index (κ2) is 11.1. The number of sulfone groups is 1. The summed E-state index contributed by atoms with van der Waals surface area (Å²) in [5, 5.41) is 0.569. The molecular weight excluding hydrogens is 498 g/mol. The van der Waals surface area contributed by atoms with Gasteiger partial charge < -0.3 is 5.73 Å². The molecule has 0 bridgehead atoms. The molecule has 1 aliphatic rings. The first-order valence-corrected chi connectivity index (χ1v) is 14.7. The summed E-state index contributed by atoms with van der Waals surface area (Å²) in [5.74, 6) is 0.676. The zero-order chi connectivity index (χ0) is 25.0. The van der Waals surface area contributed by atoms with Gasteiger partial charge in [0.05, 0.1) is 26.2 Å². The van der Waals surface area contributed by atoms with Crippen LogP contribution in [0.15, 0.2) is 82.3 Å². The van der Waals surface area contributed by atoms with Gasteiger partial charge in [0.25, 0.3) is 0 Å². The standard InChI is InChI=1S/C27H30ClN3O2S2/c1-19-7-6-14-31(17-19)18-21(29)16-25(30-24-11-4-3-10-23(24)28)27-13-12-26(34-27)20-8-5-9-22(15-20)35(2,32)33/h3-5,8-13,15-16,19H,6-7,14,17-18,29H2,1-2H3/b21-16-,30-25?. The molecule has 0 amide bonds. The SMILES string of the molecule is CC1CCCN(C/C(N)=C/C(=Nc2ccccc2Cl)c2ccc(-c3cccc(S(C)(=O)=O)c3)s2)C1. The Balaban J connectivity index is 1.69. The quantitative estimate of drug-likeness (QED) is 0.373. The molecule has 0 radical (unpaired) electrons. The van der Waals surface area contributed by atoms with Crippen LogP contribution in [-0.4, -0.2) is 44.9 Å². The monoisotopic (exact) mass is 527 g/mol. The van der Waals surface area contributed by atoms with Crippen LogP contribution in [0, 0.1) is 5.92 Å². The predicted octanol–water partition coefficient (Wildman–Crippen LogP) is 6.17. The summed E-state index contributed by atoms with van der Waals surface area (Å²) in [6, 6.07) is 18.5. The van der Waals surface area contributed by atoms with Gasteiger partial charge in [-0.2, -0.15) is 0 Å². The number of nitrogens with zero attached hydrogens (tertiary/aromatic N) is 2. The van der Waals surface area contributed by atoms with Gasteiger partial charge in [-0.3, -0.25) is 4.90 Å². The summed E-state index contributed by atoms with van der Waals surface area (Å²) in [6.45, 7) is 5.07. The van der Waals surface area contributed by atoms with Crippen molar-refractivity contribution in [3.63, 3.8) is 0 Å². The van der Waals surface area contributed by atoms with Crippen LogP contribution >= 0.6 is 22.9 Å². The Hall–Kier alpha value is -2.45. The number of aliphatic imine (C=N–C) groups is 1. The fraction of sp³-hybridized carbons (Fsp3) is 0.296. The van der Waals surface area contributed by atoms with E-state index in [4.69, 9.17) is 22.3 Å². The number of hydrogen-bond acceptors (Lipinski definition) is 6. The van der Waals surface area contributed by atoms with E-state index in [1.54, 1.807) is 29.5 Å². The molecule has 4 rings (SSSR count). The van der Waals surface area contributed by atoms with Gasteiger partial charge >= 0.3 is 0 Å². The lowest BCUT2D eigenvalue weighted by molar-refractivity contribution is 0.197. The molecular formula is C27H30ClN3O2S2. The number of rotatable bonds is 7. The molecule has 2 heterocycles. The van der Waals surface area contributed by atoms with Gasteiger partial charge in [0.15, 0.2) is 9.84 Å². The summed E-state index contributed by atoms with van der Waals surface area (Å²) in [7, 11) is -3.29. The van der Waals surface area contributed by atoms with E-state index < -0.39 is 9.84 Å². The van der Waals surface area contributed by atoms with E-state index in [1.165, 1.54) is 19.1 Å². The van der Waals surface area contributed by atoms with E-state index in [0.29, 0.717) is 28.1 Å². The number of piperidine rings is 1. The number of para-hydroxylation sites is 1. The summed E-state index contributed by atoms with van der Waals surface area (Å²) < 4.78 is 24.0. The Morgan fingerprint density at radius 2 is 2.00 bits per heavy atom. The minimum atomic E-state index is -3.29. The Morgan fingerprint density at radius 3 is 2.74 bits per heavy atom. The van der Waals surface area contributed by atoms with Crippen molar-refractivity contribution in [3.8, 4) is 10.4 Å². The van der Waals surface area contributed by atoms with E-state index in [2.05, 4.69) is 11.8 Å². The maximum atomic E-state index is 12.0. The smallest absolute Gasteiger partial charge is 0.175 e. The van der Waals surface area contributed by atoms with Gasteiger partial charge in [-0.05, 0) is 73.3 Å². The highest BCUT2D eigenvalue weighted by atomic mass is 35.5. The first kappa shape index (κ1) is 25.6. The lowest BCUT2D eigenvalue weighted by atomic mass is 10.0. The van der Waals surface area contributed by atoms with Crippen molar-refractivity contribution in [2.75, 3.05) is 25.9 Å². The molecule has 1 atom stereocenters. The molecule has 35 heavy (non-hydrogen) atoms. The topological polar surface area (TPSA) is 75.8 Å². The van der Waals surface area contributed by atoms with Gasteiger partial charge in [-0.15, -0.1) is 11.3 Å². The molecule has 1 aliphatic heterocycles. The molecule has 1 fully saturated rings. The highest BCUT2D eigenvalue weighted by Gasteiger charge is 2.17. The number of likely N-dealkylation sites (tertiary alicyclic amines) is 1. The van der Waals surface area contributed by atoms with Crippen LogP contribution in [0.1, 0.15) is 24.6 Å². The van der Waals surface area contributed by atoms with Crippen molar-refractivity contribution < 1.29 is 8.42 Å². The third-order valence-corrected chi connectivity index (χ3v) is 8.55. The third kappa shape index (κ3) is 6.82. The number of nitrogens with two attached hydrogens (primary N) is 1. The molecule has 0 saturated carbocycles. The number of halogens is 1. The van der Waals surface area contributed by atoms with Gasteiger partial charge in [-0.1, -0.05) is 42.8 Å². The van der Waals surface area contributed by atoms with Crippen LogP contribution in [0.2, 0.25) is 5.02 Å². The van der Waals surface area contributed by atoms with Crippen LogP contribution in [0.3, 0.4) is 0 Å². The molecule has 1 unspecified atom stereocenters. The Labute approximate surface area is 216 Å². The van der Waals surface area contributed by atoms with Gasteiger partial charge in [0.1, 0.15) is 0 Å². The maximum Gasteiger partial charge on any atom is 0.175 e. The summed E-state index contributed by atoms with van der Waals surface area (Å²) in [4.78, 5) is 9.44. The van der Waals surface area contributed by atoms with Crippen molar-refractivity contribution in [2.45, 2.75) is 24.7 Å². The maximum absolute atomic E-state index is 12.0. The third-order valence-electron chi connectivity index (χ3n) is 5.97. The first-order chi connectivity index (χ1) is 16.7. The largest absolute Gasteiger partial charge is 0.401 e. The highest BCUT2D eigenvalue weighted by molar-refractivity contribution is 7.90. The van der Waals surface area contributed by atoms with E-state index in [0.717, 1.165) is 39.8 Å². The van der Waals surface area contributed by atoms with Crippen LogP contribution in [-0.2, 0) is 9.84 Å². The summed E-state index contributed by atoms with van der Waals surface area (Å²) in [5.41, 5.74) is 9.51. The summed E-state index contributed by atoms with van der Waals surface area (Å²) in [6.07, 6.45) is 5.61. The second-order valence-electron chi connectivity index (χ2n) is 9.11. The first-order valence-electron chi connectivity index (χ1n) is 11.6. The lowest BCUT2D eigenvalue weighted by Gasteiger charge is -2.30. The van der Waals surface area contributed by atoms with Crippen molar-refractivity contribution in [1.82, 2.24) is 4.90 Å².